The second-order valence-corrected chi connectivity index (χ2v) is 7.44. The van der Waals surface area contributed by atoms with Crippen LogP contribution in [0.1, 0.15) is 5.56 Å². The smallest absolute Gasteiger partial charge is 0.168 e. The number of methoxy groups -OCH3 is 1. The van der Waals surface area contributed by atoms with Crippen molar-refractivity contribution in [3.05, 3.63) is 90.9 Å². The van der Waals surface area contributed by atoms with E-state index in [-0.39, 0.29) is 5.75 Å². The Morgan fingerprint density at radius 1 is 0.906 bits per heavy atom. The monoisotopic (exact) mass is 422 g/mol. The number of fused-ring (bicyclic) bond motifs is 1. The quantitative estimate of drug-likeness (QED) is 0.420. The van der Waals surface area contributed by atoms with E-state index in [1.165, 1.54) is 0 Å². The van der Waals surface area contributed by atoms with Crippen LogP contribution in [0.3, 0.4) is 0 Å². The van der Waals surface area contributed by atoms with Crippen molar-refractivity contribution in [2.75, 3.05) is 7.11 Å². The predicted octanol–water partition coefficient (Wildman–Crippen LogP) is 4.93. The summed E-state index contributed by atoms with van der Waals surface area (Å²) >= 11 is 0. The lowest BCUT2D eigenvalue weighted by Gasteiger charge is -2.11. The first-order chi connectivity index (χ1) is 15.7. The maximum absolute atomic E-state index is 11.1. The highest BCUT2D eigenvalue weighted by Gasteiger charge is 2.16. The molecule has 0 saturated carbocycles. The van der Waals surface area contributed by atoms with E-state index >= 15 is 0 Å². The molecule has 0 fully saturated rings. The van der Waals surface area contributed by atoms with Crippen LogP contribution in [0.5, 0.6) is 11.5 Å². The van der Waals surface area contributed by atoms with Gasteiger partial charge in [0.2, 0.25) is 0 Å². The van der Waals surface area contributed by atoms with Gasteiger partial charge in [0, 0.05) is 17.8 Å². The molecule has 0 bridgehead atoms. The molecule has 6 heteroatoms. The summed E-state index contributed by atoms with van der Waals surface area (Å²) in [4.78, 5) is 8.88. The van der Waals surface area contributed by atoms with Gasteiger partial charge in [0.05, 0.1) is 13.3 Å². The van der Waals surface area contributed by atoms with Crippen LogP contribution in [-0.2, 0) is 6.54 Å². The van der Waals surface area contributed by atoms with E-state index in [2.05, 4.69) is 16.0 Å². The third-order valence-electron chi connectivity index (χ3n) is 5.62. The van der Waals surface area contributed by atoms with E-state index in [4.69, 9.17) is 10.5 Å². The van der Waals surface area contributed by atoms with Gasteiger partial charge in [-0.15, -0.1) is 0 Å². The molecule has 3 N–H and O–H groups in total. The Morgan fingerprint density at radius 2 is 1.62 bits per heavy atom. The minimum atomic E-state index is 0.0888. The molecule has 5 rings (SSSR count). The number of pyridine rings is 1. The van der Waals surface area contributed by atoms with Crippen LogP contribution in [0.25, 0.3) is 39.1 Å². The number of imidazole rings is 1. The van der Waals surface area contributed by atoms with Crippen molar-refractivity contribution in [3.8, 4) is 39.6 Å². The van der Waals surface area contributed by atoms with Crippen LogP contribution in [0, 0.1) is 0 Å². The maximum atomic E-state index is 11.1. The number of rotatable bonds is 5. The van der Waals surface area contributed by atoms with E-state index in [1.54, 1.807) is 19.6 Å². The van der Waals surface area contributed by atoms with E-state index in [0.29, 0.717) is 23.3 Å². The first-order valence-corrected chi connectivity index (χ1v) is 10.3. The summed E-state index contributed by atoms with van der Waals surface area (Å²) in [6.07, 6.45) is 3.37. The number of aromatic hydroxyl groups is 1. The molecule has 2 heterocycles. The van der Waals surface area contributed by atoms with Crippen LogP contribution in [0.4, 0.5) is 0 Å². The molecule has 0 aliphatic heterocycles. The fraction of sp³-hybridized carbons (Fsp3) is 0.0769. The molecule has 0 unspecified atom stereocenters. The topological polar surface area (TPSA) is 86.2 Å². The zero-order valence-corrected chi connectivity index (χ0v) is 17.6. The zero-order valence-electron chi connectivity index (χ0n) is 17.6. The number of ether oxygens (including phenoxy) is 1. The lowest BCUT2D eigenvalue weighted by Crippen LogP contribution is -1.98. The highest BCUT2D eigenvalue weighted by Crippen LogP contribution is 2.36. The van der Waals surface area contributed by atoms with E-state index < -0.39 is 0 Å². The van der Waals surface area contributed by atoms with Crippen molar-refractivity contribution in [1.29, 1.82) is 0 Å². The molecule has 3 aromatic carbocycles. The average molecular weight is 422 g/mol. The van der Waals surface area contributed by atoms with Crippen molar-refractivity contribution in [2.45, 2.75) is 6.54 Å². The molecule has 0 saturated heterocycles. The first-order valence-electron chi connectivity index (χ1n) is 10.3. The number of hydrogen-bond donors (Lipinski definition) is 2. The molecular weight excluding hydrogens is 400 g/mol. The highest BCUT2D eigenvalue weighted by molar-refractivity contribution is 5.89. The fourth-order valence-electron chi connectivity index (χ4n) is 3.93. The standard InChI is InChI=1S/C26H22N4O2/c1-32-21-12-10-20(11-13-21)30-16-29-23-15-28-24(26(31)25(23)30)18-8-6-17(7-9-18)22-5-3-2-4-19(22)14-27/h2-13,15-16,31H,14,27H2,1H3. The van der Waals surface area contributed by atoms with Crippen molar-refractivity contribution in [3.63, 3.8) is 0 Å². The summed E-state index contributed by atoms with van der Waals surface area (Å²) in [7, 11) is 1.63. The Bertz CT molecular complexity index is 1390. The number of benzene rings is 3. The largest absolute Gasteiger partial charge is 0.504 e. The molecule has 5 aromatic rings. The van der Waals surface area contributed by atoms with Crippen LogP contribution in [-0.4, -0.2) is 26.8 Å². The van der Waals surface area contributed by atoms with Gasteiger partial charge in [-0.3, -0.25) is 4.57 Å². The van der Waals surface area contributed by atoms with Crippen LogP contribution in [0.2, 0.25) is 0 Å². The fourth-order valence-corrected chi connectivity index (χ4v) is 3.93. The molecular formula is C26H22N4O2. The predicted molar refractivity (Wildman–Crippen MR) is 126 cm³/mol. The van der Waals surface area contributed by atoms with E-state index in [1.807, 2.05) is 71.3 Å². The lowest BCUT2D eigenvalue weighted by atomic mass is 9.98. The second kappa shape index (κ2) is 8.17. The molecule has 0 amide bonds. The molecule has 0 aliphatic rings. The van der Waals surface area contributed by atoms with Crippen LogP contribution < -0.4 is 10.5 Å². The van der Waals surface area contributed by atoms with Crippen molar-refractivity contribution >= 4 is 11.0 Å². The van der Waals surface area contributed by atoms with Gasteiger partial charge in [0.1, 0.15) is 28.8 Å². The summed E-state index contributed by atoms with van der Waals surface area (Å²) in [5, 5.41) is 11.1. The van der Waals surface area contributed by atoms with Gasteiger partial charge < -0.3 is 15.6 Å². The van der Waals surface area contributed by atoms with Crippen LogP contribution >= 0.6 is 0 Å². The minimum absolute atomic E-state index is 0.0888. The van der Waals surface area contributed by atoms with E-state index in [0.717, 1.165) is 33.7 Å². The van der Waals surface area contributed by atoms with Crippen LogP contribution in [0.15, 0.2) is 85.3 Å². The Balaban J connectivity index is 1.56. The molecule has 0 spiro atoms. The lowest BCUT2D eigenvalue weighted by molar-refractivity contribution is 0.415. The Morgan fingerprint density at radius 3 is 2.34 bits per heavy atom. The van der Waals surface area contributed by atoms with Gasteiger partial charge in [-0.2, -0.15) is 0 Å². The molecule has 6 nitrogen and oxygen atoms in total. The number of nitrogens with two attached hydrogens (primary N) is 1. The third-order valence-corrected chi connectivity index (χ3v) is 5.62. The minimum Gasteiger partial charge on any atom is -0.504 e. The van der Waals surface area contributed by atoms with Crippen molar-refractivity contribution < 1.29 is 9.84 Å². The Labute approximate surface area is 185 Å². The number of aromatic nitrogens is 3. The Hall–Kier alpha value is -4.16. The normalized spacial score (nSPS) is 11.1. The molecule has 158 valence electrons. The number of nitrogens with zero attached hydrogens (tertiary/aromatic N) is 3. The highest BCUT2D eigenvalue weighted by atomic mass is 16.5. The summed E-state index contributed by atoms with van der Waals surface area (Å²) in [5.74, 6) is 0.854. The molecule has 0 atom stereocenters. The van der Waals surface area contributed by atoms with Gasteiger partial charge in [-0.25, -0.2) is 9.97 Å². The maximum Gasteiger partial charge on any atom is 0.168 e. The second-order valence-electron chi connectivity index (χ2n) is 7.44. The molecule has 0 radical (unpaired) electrons. The third kappa shape index (κ3) is 3.36. The summed E-state index contributed by atoms with van der Waals surface area (Å²) in [6, 6.07) is 23.6. The Kier molecular flexibility index (Phi) is 5.05. The zero-order chi connectivity index (χ0) is 22.1. The van der Waals surface area contributed by atoms with Gasteiger partial charge in [-0.05, 0) is 41.0 Å². The molecule has 2 aromatic heterocycles. The van der Waals surface area contributed by atoms with Gasteiger partial charge in [0.25, 0.3) is 0 Å². The summed E-state index contributed by atoms with van der Waals surface area (Å²) in [5.41, 5.74) is 12.6. The number of hydrogen-bond acceptors (Lipinski definition) is 5. The van der Waals surface area contributed by atoms with Gasteiger partial charge in [0.15, 0.2) is 5.75 Å². The molecule has 32 heavy (non-hydrogen) atoms. The molecule has 0 aliphatic carbocycles. The SMILES string of the molecule is COc1ccc(-n2cnc3cnc(-c4ccc(-c5ccccc5CN)cc4)c(O)c32)cc1. The van der Waals surface area contributed by atoms with E-state index in [9.17, 15) is 5.11 Å². The van der Waals surface area contributed by atoms with Crippen molar-refractivity contribution in [1.82, 2.24) is 14.5 Å². The van der Waals surface area contributed by atoms with Crippen molar-refractivity contribution in [2.24, 2.45) is 5.73 Å². The first kappa shape index (κ1) is 19.8. The summed E-state index contributed by atoms with van der Waals surface area (Å²) < 4.78 is 7.09. The van der Waals surface area contributed by atoms with Gasteiger partial charge >= 0.3 is 0 Å². The summed E-state index contributed by atoms with van der Waals surface area (Å²) in [6.45, 7) is 0.478. The van der Waals surface area contributed by atoms with Gasteiger partial charge in [-0.1, -0.05) is 48.5 Å². The average Bonchev–Trinajstić information content (AvgIpc) is 3.29.